The first-order chi connectivity index (χ1) is 17.6. The topological polar surface area (TPSA) is 105 Å². The van der Waals surface area contributed by atoms with Crippen LogP contribution in [0.4, 0.5) is 5.95 Å². The molecule has 3 heterocycles. The van der Waals surface area contributed by atoms with E-state index in [1.165, 1.54) is 18.3 Å². The van der Waals surface area contributed by atoms with E-state index in [-0.39, 0.29) is 34.4 Å². The minimum absolute atomic E-state index is 0.00432. The molecule has 1 aliphatic heterocycles. The standard InChI is InChI=1S/C28H36N6O3/c1-6-24(35)33-12-10-28(17-33)14-20(15-28)34-22-8-7-19(16-29-18(2)27(3,4)5)13-21(22)31-26(34)32-25(36)23-9-11-30-37-23/h6-9,11,13,18,20,29H,1,10,12,14-17H2,2-5H3,(H,31,32,36)/t18-,20?,28?/m0/s1. The van der Waals surface area contributed by atoms with E-state index < -0.39 is 0 Å². The molecule has 0 radical (unpaired) electrons. The van der Waals surface area contributed by atoms with Crippen molar-refractivity contribution in [1.82, 2.24) is 24.9 Å². The van der Waals surface area contributed by atoms with Crippen LogP contribution in [-0.2, 0) is 11.3 Å². The number of amides is 2. The third kappa shape index (κ3) is 4.92. The van der Waals surface area contributed by atoms with Crippen molar-refractivity contribution in [1.29, 1.82) is 0 Å². The maximum Gasteiger partial charge on any atom is 0.296 e. The Hall–Kier alpha value is -3.46. The normalized spacial score (nSPS) is 22.3. The number of hydrogen-bond donors (Lipinski definition) is 2. The van der Waals surface area contributed by atoms with Gasteiger partial charge in [-0.3, -0.25) is 14.9 Å². The van der Waals surface area contributed by atoms with Crippen LogP contribution in [0.5, 0.6) is 0 Å². The smallest absolute Gasteiger partial charge is 0.296 e. The highest BCUT2D eigenvalue weighted by Crippen LogP contribution is 2.55. The second-order valence-corrected chi connectivity index (χ2v) is 11.7. The molecule has 1 saturated heterocycles. The van der Waals surface area contributed by atoms with Gasteiger partial charge in [0.05, 0.1) is 17.2 Å². The summed E-state index contributed by atoms with van der Waals surface area (Å²) >= 11 is 0. The van der Waals surface area contributed by atoms with Crippen LogP contribution in [0.1, 0.15) is 69.1 Å². The molecule has 1 atom stereocenters. The van der Waals surface area contributed by atoms with Gasteiger partial charge in [0.15, 0.2) is 0 Å². The van der Waals surface area contributed by atoms with E-state index in [1.807, 2.05) is 4.90 Å². The number of rotatable bonds is 7. The first-order valence-electron chi connectivity index (χ1n) is 13.0. The molecule has 5 rings (SSSR count). The summed E-state index contributed by atoms with van der Waals surface area (Å²) < 4.78 is 7.19. The average Bonchev–Trinajstić information content (AvgIpc) is 3.58. The van der Waals surface area contributed by atoms with Crippen molar-refractivity contribution in [3.05, 3.63) is 54.4 Å². The minimum atomic E-state index is -0.382. The van der Waals surface area contributed by atoms with Crippen molar-refractivity contribution in [2.45, 2.75) is 65.6 Å². The fraction of sp³-hybridized carbons (Fsp3) is 0.500. The second kappa shape index (κ2) is 9.45. The second-order valence-electron chi connectivity index (χ2n) is 11.7. The van der Waals surface area contributed by atoms with E-state index >= 15 is 0 Å². The molecule has 2 aliphatic rings. The summed E-state index contributed by atoms with van der Waals surface area (Å²) in [7, 11) is 0. The molecule has 0 unspecified atom stereocenters. The lowest BCUT2D eigenvalue weighted by Crippen LogP contribution is -2.42. The molecule has 2 N–H and O–H groups in total. The molecular formula is C28H36N6O3. The molecule has 2 aromatic heterocycles. The lowest BCUT2D eigenvalue weighted by atomic mass is 9.64. The van der Waals surface area contributed by atoms with E-state index in [4.69, 9.17) is 9.51 Å². The number of likely N-dealkylation sites (tertiary alicyclic amines) is 1. The fourth-order valence-electron chi connectivity index (χ4n) is 5.49. The van der Waals surface area contributed by atoms with Crippen LogP contribution >= 0.6 is 0 Å². The highest BCUT2D eigenvalue weighted by atomic mass is 16.5. The van der Waals surface area contributed by atoms with Gasteiger partial charge in [0, 0.05) is 37.8 Å². The highest BCUT2D eigenvalue weighted by Gasteiger charge is 2.50. The van der Waals surface area contributed by atoms with E-state index in [2.05, 4.69) is 72.8 Å². The van der Waals surface area contributed by atoms with Gasteiger partial charge in [-0.05, 0) is 60.8 Å². The lowest BCUT2D eigenvalue weighted by Gasteiger charge is -2.46. The summed E-state index contributed by atoms with van der Waals surface area (Å²) in [5.74, 6) is 0.253. The molecular weight excluding hydrogens is 468 g/mol. The number of hydrogen-bond acceptors (Lipinski definition) is 6. The number of carbonyl (C=O) groups is 2. The van der Waals surface area contributed by atoms with Crippen molar-refractivity contribution in [2.24, 2.45) is 10.8 Å². The van der Waals surface area contributed by atoms with Gasteiger partial charge in [0.1, 0.15) is 0 Å². The van der Waals surface area contributed by atoms with Crippen molar-refractivity contribution in [3.63, 3.8) is 0 Å². The Morgan fingerprint density at radius 3 is 2.76 bits per heavy atom. The number of aromatic nitrogens is 3. The van der Waals surface area contributed by atoms with E-state index in [0.717, 1.165) is 55.5 Å². The molecule has 0 bridgehead atoms. The fourth-order valence-corrected chi connectivity index (χ4v) is 5.49. The molecule has 9 heteroatoms. The third-order valence-corrected chi connectivity index (χ3v) is 8.18. The summed E-state index contributed by atoms with van der Waals surface area (Å²) in [4.78, 5) is 31.7. The van der Waals surface area contributed by atoms with Crippen molar-refractivity contribution < 1.29 is 14.1 Å². The molecule has 3 aromatic rings. The zero-order valence-electron chi connectivity index (χ0n) is 22.1. The molecule has 2 amide bonds. The predicted molar refractivity (Wildman–Crippen MR) is 142 cm³/mol. The van der Waals surface area contributed by atoms with Crippen LogP contribution in [0.3, 0.4) is 0 Å². The highest BCUT2D eigenvalue weighted by molar-refractivity contribution is 6.02. The van der Waals surface area contributed by atoms with Gasteiger partial charge in [-0.2, -0.15) is 0 Å². The molecule has 1 aliphatic carbocycles. The van der Waals surface area contributed by atoms with Crippen LogP contribution in [0.25, 0.3) is 11.0 Å². The average molecular weight is 505 g/mol. The lowest BCUT2D eigenvalue weighted by molar-refractivity contribution is -0.125. The van der Waals surface area contributed by atoms with Crippen molar-refractivity contribution in [2.75, 3.05) is 18.4 Å². The molecule has 37 heavy (non-hydrogen) atoms. The van der Waals surface area contributed by atoms with Gasteiger partial charge in [0.2, 0.25) is 17.6 Å². The van der Waals surface area contributed by atoms with Crippen LogP contribution < -0.4 is 10.6 Å². The molecule has 2 fully saturated rings. The van der Waals surface area contributed by atoms with Gasteiger partial charge in [-0.15, -0.1) is 0 Å². The Morgan fingerprint density at radius 1 is 1.30 bits per heavy atom. The van der Waals surface area contributed by atoms with Gasteiger partial charge in [-0.1, -0.05) is 38.6 Å². The number of carbonyl (C=O) groups excluding carboxylic acids is 2. The van der Waals surface area contributed by atoms with Crippen LogP contribution in [0.2, 0.25) is 0 Å². The Labute approximate surface area is 217 Å². The number of anilines is 1. The quantitative estimate of drug-likeness (QED) is 0.458. The Balaban J connectivity index is 1.40. The number of imidazole rings is 1. The first-order valence-corrected chi connectivity index (χ1v) is 13.0. The summed E-state index contributed by atoms with van der Waals surface area (Å²) in [6.45, 7) is 14.8. The maximum absolute atomic E-state index is 12.8. The van der Waals surface area contributed by atoms with E-state index in [0.29, 0.717) is 12.0 Å². The largest absolute Gasteiger partial charge is 0.351 e. The first kappa shape index (κ1) is 25.2. The number of nitrogens with one attached hydrogen (secondary N) is 2. The summed E-state index contributed by atoms with van der Waals surface area (Å²) in [6, 6.07) is 8.37. The van der Waals surface area contributed by atoms with Crippen LogP contribution in [-0.4, -0.2) is 50.6 Å². The molecule has 1 aromatic carbocycles. The molecule has 1 saturated carbocycles. The summed E-state index contributed by atoms with van der Waals surface area (Å²) in [5.41, 5.74) is 3.24. The summed E-state index contributed by atoms with van der Waals surface area (Å²) in [6.07, 6.45) is 5.68. The maximum atomic E-state index is 12.8. The zero-order valence-corrected chi connectivity index (χ0v) is 22.1. The number of fused-ring (bicyclic) bond motifs is 1. The van der Waals surface area contributed by atoms with E-state index in [1.54, 1.807) is 0 Å². The zero-order chi connectivity index (χ0) is 26.4. The molecule has 1 spiro atoms. The van der Waals surface area contributed by atoms with Crippen molar-refractivity contribution in [3.8, 4) is 0 Å². The SMILES string of the molecule is C=CC(=O)N1CCC2(CC(n3c(NC(=O)c4ccno4)nc4cc(CN[C@@H](C)C(C)(C)C)ccc43)C2)C1. The Bertz CT molecular complexity index is 1310. The van der Waals surface area contributed by atoms with E-state index in [9.17, 15) is 9.59 Å². The third-order valence-electron chi connectivity index (χ3n) is 8.18. The molecule has 196 valence electrons. The monoisotopic (exact) mass is 504 g/mol. The van der Waals surface area contributed by atoms with Crippen molar-refractivity contribution >= 4 is 28.8 Å². The van der Waals surface area contributed by atoms with Gasteiger partial charge >= 0.3 is 0 Å². The van der Waals surface area contributed by atoms with Gasteiger partial charge < -0.3 is 19.3 Å². The Kier molecular flexibility index (Phi) is 6.43. The molecule has 9 nitrogen and oxygen atoms in total. The van der Waals surface area contributed by atoms with Gasteiger partial charge in [0.25, 0.3) is 5.91 Å². The van der Waals surface area contributed by atoms with Crippen LogP contribution in [0, 0.1) is 10.8 Å². The van der Waals surface area contributed by atoms with Gasteiger partial charge in [-0.25, -0.2) is 4.98 Å². The minimum Gasteiger partial charge on any atom is -0.351 e. The Morgan fingerprint density at radius 2 is 2.08 bits per heavy atom. The van der Waals surface area contributed by atoms with Crippen LogP contribution in [0.15, 0.2) is 47.6 Å². The summed E-state index contributed by atoms with van der Waals surface area (Å²) in [5, 5.41) is 10.2. The number of nitrogens with zero attached hydrogens (tertiary/aromatic N) is 4. The number of benzene rings is 1. The predicted octanol–water partition coefficient (Wildman–Crippen LogP) is 4.54.